The lowest BCUT2D eigenvalue weighted by Gasteiger charge is -2.27. The third-order valence-corrected chi connectivity index (χ3v) is 4.86. The van der Waals surface area contributed by atoms with E-state index in [1.54, 1.807) is 6.07 Å². The Morgan fingerprint density at radius 1 is 1.12 bits per heavy atom. The highest BCUT2D eigenvalue weighted by atomic mass is 16.5. The molecular weight excluding hydrogens is 314 g/mol. The quantitative estimate of drug-likeness (QED) is 0.847. The zero-order chi connectivity index (χ0) is 17.2. The number of nitrogens with zero attached hydrogens (tertiary/aromatic N) is 1. The van der Waals surface area contributed by atoms with Crippen molar-refractivity contribution in [2.24, 2.45) is 0 Å². The molecular formula is C21H19NO3. The molecule has 2 aliphatic heterocycles. The van der Waals surface area contributed by atoms with Gasteiger partial charge in [-0.2, -0.15) is 5.26 Å². The van der Waals surface area contributed by atoms with Crippen molar-refractivity contribution in [1.82, 2.24) is 0 Å². The van der Waals surface area contributed by atoms with Gasteiger partial charge in [-0.05, 0) is 48.2 Å². The minimum Gasteiger partial charge on any atom is -0.489 e. The van der Waals surface area contributed by atoms with Crippen molar-refractivity contribution in [3.8, 4) is 22.9 Å². The monoisotopic (exact) mass is 333 g/mol. The van der Waals surface area contributed by atoms with Crippen LogP contribution in [0.2, 0.25) is 0 Å². The minimum absolute atomic E-state index is 0.101. The highest BCUT2D eigenvalue weighted by Crippen LogP contribution is 2.34. The van der Waals surface area contributed by atoms with Crippen LogP contribution in [0, 0.1) is 11.3 Å². The molecule has 0 spiro atoms. The Bertz CT molecular complexity index is 846. The summed E-state index contributed by atoms with van der Waals surface area (Å²) in [4.78, 5) is 12.6. The number of carbonyl (C=O) groups excluding carboxylic acids is 1. The Balaban J connectivity index is 1.57. The fraction of sp³-hybridized carbons (Fsp3) is 0.333. The minimum atomic E-state index is -0.101. The third kappa shape index (κ3) is 3.29. The van der Waals surface area contributed by atoms with Gasteiger partial charge in [-0.1, -0.05) is 18.2 Å². The van der Waals surface area contributed by atoms with Crippen LogP contribution in [0.25, 0.3) is 11.1 Å². The molecule has 1 fully saturated rings. The van der Waals surface area contributed by atoms with E-state index in [9.17, 15) is 4.79 Å². The first-order chi connectivity index (χ1) is 12.2. The summed E-state index contributed by atoms with van der Waals surface area (Å²) in [6.07, 6.45) is 3.43. The van der Waals surface area contributed by atoms with Crippen molar-refractivity contribution < 1.29 is 14.3 Å². The molecule has 0 bridgehead atoms. The first-order valence-corrected chi connectivity index (χ1v) is 8.69. The van der Waals surface area contributed by atoms with Gasteiger partial charge in [0, 0.05) is 19.4 Å². The van der Waals surface area contributed by atoms with Crippen LogP contribution in [0.5, 0.6) is 5.75 Å². The van der Waals surface area contributed by atoms with Crippen LogP contribution in [0.3, 0.4) is 0 Å². The molecule has 0 N–H and O–H groups in total. The second-order valence-corrected chi connectivity index (χ2v) is 6.64. The highest BCUT2D eigenvalue weighted by Gasteiger charge is 2.30. The lowest BCUT2D eigenvalue weighted by Crippen LogP contribution is -2.30. The second-order valence-electron chi connectivity index (χ2n) is 6.64. The van der Waals surface area contributed by atoms with E-state index in [1.165, 1.54) is 0 Å². The van der Waals surface area contributed by atoms with E-state index in [1.807, 2.05) is 36.4 Å². The molecule has 25 heavy (non-hydrogen) atoms. The van der Waals surface area contributed by atoms with Gasteiger partial charge in [0.25, 0.3) is 0 Å². The predicted octanol–water partition coefficient (Wildman–Crippen LogP) is 4.13. The summed E-state index contributed by atoms with van der Waals surface area (Å²) in [5.74, 6) is 0.766. The smallest absolute Gasteiger partial charge is 0.170 e. The first-order valence-electron chi connectivity index (χ1n) is 8.69. The molecule has 2 unspecified atom stereocenters. The molecule has 0 aromatic heterocycles. The van der Waals surface area contributed by atoms with Crippen molar-refractivity contribution >= 4 is 5.78 Å². The number of hydrogen-bond donors (Lipinski definition) is 0. The topological polar surface area (TPSA) is 59.3 Å². The zero-order valence-corrected chi connectivity index (χ0v) is 13.9. The molecule has 0 radical (unpaired) electrons. The molecule has 4 rings (SSSR count). The van der Waals surface area contributed by atoms with Crippen LogP contribution in [0.15, 0.2) is 42.5 Å². The highest BCUT2D eigenvalue weighted by molar-refractivity contribution is 6.01. The summed E-state index contributed by atoms with van der Waals surface area (Å²) in [5, 5.41) is 9.05. The van der Waals surface area contributed by atoms with E-state index in [-0.39, 0.29) is 18.0 Å². The summed E-state index contributed by atoms with van der Waals surface area (Å²) in [6.45, 7) is 0.813. The standard InChI is InChI=1S/C21H19NO3/c22-13-14-3-1-4-15(9-14)16-6-7-21-19(10-16)20(23)12-18(25-21)11-17-5-2-8-24-17/h1,3-4,6-7,9-10,17-18H,2,5,8,11-12H2. The van der Waals surface area contributed by atoms with Crippen LogP contribution >= 0.6 is 0 Å². The van der Waals surface area contributed by atoms with Crippen LogP contribution < -0.4 is 4.74 Å². The van der Waals surface area contributed by atoms with E-state index < -0.39 is 0 Å². The number of ether oxygens (including phenoxy) is 2. The number of ketones is 1. The van der Waals surface area contributed by atoms with Crippen molar-refractivity contribution in [3.63, 3.8) is 0 Å². The average molecular weight is 333 g/mol. The molecule has 126 valence electrons. The van der Waals surface area contributed by atoms with E-state index >= 15 is 0 Å². The van der Waals surface area contributed by atoms with Crippen molar-refractivity contribution in [2.75, 3.05) is 6.61 Å². The summed E-state index contributed by atoms with van der Waals surface area (Å²) >= 11 is 0. The molecule has 4 heteroatoms. The van der Waals surface area contributed by atoms with Gasteiger partial charge in [0.2, 0.25) is 0 Å². The Kier molecular flexibility index (Phi) is 4.25. The first kappa shape index (κ1) is 15.9. The fourth-order valence-electron chi connectivity index (χ4n) is 3.59. The molecule has 0 saturated carbocycles. The molecule has 2 aromatic rings. The zero-order valence-electron chi connectivity index (χ0n) is 13.9. The number of fused-ring (bicyclic) bond motifs is 1. The van der Waals surface area contributed by atoms with Gasteiger partial charge in [-0.25, -0.2) is 0 Å². The molecule has 0 aliphatic carbocycles. The van der Waals surface area contributed by atoms with Gasteiger partial charge in [0.1, 0.15) is 11.9 Å². The van der Waals surface area contributed by atoms with Gasteiger partial charge in [-0.15, -0.1) is 0 Å². The fourth-order valence-corrected chi connectivity index (χ4v) is 3.59. The van der Waals surface area contributed by atoms with Gasteiger partial charge >= 0.3 is 0 Å². The van der Waals surface area contributed by atoms with Crippen molar-refractivity contribution in [2.45, 2.75) is 37.9 Å². The summed E-state index contributed by atoms with van der Waals surface area (Å²) in [7, 11) is 0. The van der Waals surface area contributed by atoms with Gasteiger partial charge < -0.3 is 9.47 Å². The molecule has 2 atom stereocenters. The van der Waals surface area contributed by atoms with Crippen molar-refractivity contribution in [3.05, 3.63) is 53.6 Å². The maximum atomic E-state index is 12.6. The number of Topliss-reactive ketones (excluding diaryl/α,β-unsaturated/α-hetero) is 1. The molecule has 0 amide bonds. The summed E-state index contributed by atoms with van der Waals surface area (Å²) in [5.41, 5.74) is 3.08. The number of nitriles is 1. The van der Waals surface area contributed by atoms with E-state index in [4.69, 9.17) is 14.7 Å². The number of rotatable bonds is 3. The van der Waals surface area contributed by atoms with Crippen molar-refractivity contribution in [1.29, 1.82) is 5.26 Å². The Morgan fingerprint density at radius 2 is 2.00 bits per heavy atom. The average Bonchev–Trinajstić information content (AvgIpc) is 3.14. The number of benzene rings is 2. The predicted molar refractivity (Wildman–Crippen MR) is 93.5 cm³/mol. The van der Waals surface area contributed by atoms with E-state index in [0.29, 0.717) is 23.3 Å². The van der Waals surface area contributed by atoms with Crippen LogP contribution in [-0.4, -0.2) is 24.6 Å². The van der Waals surface area contributed by atoms with Gasteiger partial charge in [-0.3, -0.25) is 4.79 Å². The molecule has 4 nitrogen and oxygen atoms in total. The molecule has 2 aromatic carbocycles. The van der Waals surface area contributed by atoms with Gasteiger partial charge in [0.15, 0.2) is 5.78 Å². The summed E-state index contributed by atoms with van der Waals surface area (Å²) < 4.78 is 11.7. The number of carbonyl (C=O) groups is 1. The van der Waals surface area contributed by atoms with Gasteiger partial charge in [0.05, 0.1) is 23.3 Å². The van der Waals surface area contributed by atoms with Crippen LogP contribution in [0.4, 0.5) is 0 Å². The van der Waals surface area contributed by atoms with E-state index in [0.717, 1.165) is 37.0 Å². The van der Waals surface area contributed by atoms with E-state index in [2.05, 4.69) is 6.07 Å². The van der Waals surface area contributed by atoms with Crippen LogP contribution in [0.1, 0.15) is 41.6 Å². The second kappa shape index (κ2) is 6.70. The molecule has 2 aliphatic rings. The Morgan fingerprint density at radius 3 is 2.80 bits per heavy atom. The lowest BCUT2D eigenvalue weighted by molar-refractivity contribution is 0.0515. The summed E-state index contributed by atoms with van der Waals surface area (Å²) in [6, 6.07) is 15.2. The third-order valence-electron chi connectivity index (χ3n) is 4.86. The lowest BCUT2D eigenvalue weighted by atomic mass is 9.93. The molecule has 2 heterocycles. The maximum Gasteiger partial charge on any atom is 0.170 e. The van der Waals surface area contributed by atoms with Crippen LogP contribution in [-0.2, 0) is 4.74 Å². The number of hydrogen-bond acceptors (Lipinski definition) is 4. The largest absolute Gasteiger partial charge is 0.489 e. The Hall–Kier alpha value is -2.64. The molecule has 1 saturated heterocycles. The Labute approximate surface area is 147 Å². The SMILES string of the molecule is N#Cc1cccc(-c2ccc3c(c2)C(=O)CC(CC2CCCO2)O3)c1. The normalized spacial score (nSPS) is 22.1. The maximum absolute atomic E-state index is 12.6.